The molecule has 0 fully saturated rings. The van der Waals surface area contributed by atoms with Crippen LogP contribution < -0.4 is 9.47 Å². The Morgan fingerprint density at radius 3 is 1.43 bits per heavy atom. The number of allylic oxidation sites excluding steroid dienone is 2. The lowest BCUT2D eigenvalue weighted by Gasteiger charge is -2.26. The molecule has 2 aromatic rings. The first-order valence-corrected chi connectivity index (χ1v) is 12.9. The number of hydrogen-bond donors (Lipinski definition) is 0. The molecule has 2 aliphatic rings. The second-order valence-electron chi connectivity index (χ2n) is 9.97. The maximum atomic E-state index is 13.6. The summed E-state index contributed by atoms with van der Waals surface area (Å²) >= 11 is 0. The molecule has 2 bridgehead atoms. The monoisotopic (exact) mass is 472 g/mol. The summed E-state index contributed by atoms with van der Waals surface area (Å²) < 4.78 is 12.0. The van der Waals surface area contributed by atoms with E-state index in [1.54, 1.807) is 0 Å². The van der Waals surface area contributed by atoms with Crippen LogP contribution in [0.25, 0.3) is 0 Å². The quantitative estimate of drug-likeness (QED) is 0.247. The lowest BCUT2D eigenvalue weighted by molar-refractivity contribution is -0.133. The Bertz CT molecular complexity index is 1120. The number of ether oxygens (including phenoxy) is 2. The van der Waals surface area contributed by atoms with E-state index in [2.05, 4.69) is 53.7 Å². The summed E-state index contributed by atoms with van der Waals surface area (Å²) in [7, 11) is 0. The van der Waals surface area contributed by atoms with E-state index in [4.69, 9.17) is 9.47 Å². The van der Waals surface area contributed by atoms with Gasteiger partial charge in [-0.2, -0.15) is 0 Å². The molecule has 4 rings (SSSR count). The molecule has 0 amide bonds. The van der Waals surface area contributed by atoms with Gasteiger partial charge in [-0.1, -0.05) is 78.0 Å². The zero-order valence-corrected chi connectivity index (χ0v) is 21.7. The molecule has 2 unspecified atom stereocenters. The Balaban J connectivity index is 1.72. The number of carbonyl (C=O) groups is 2. The van der Waals surface area contributed by atoms with Crippen molar-refractivity contribution in [2.75, 3.05) is 0 Å². The Labute approximate surface area is 209 Å². The highest BCUT2D eigenvalue weighted by Gasteiger charge is 2.55. The van der Waals surface area contributed by atoms with Crippen molar-refractivity contribution in [3.8, 4) is 11.5 Å². The van der Waals surface area contributed by atoms with Crippen LogP contribution in [0, 0.1) is 17.3 Å². The topological polar surface area (TPSA) is 52.6 Å². The summed E-state index contributed by atoms with van der Waals surface area (Å²) in [6.07, 6.45) is 7.35. The fourth-order valence-electron chi connectivity index (χ4n) is 5.85. The molecule has 0 aromatic heterocycles. The van der Waals surface area contributed by atoms with Gasteiger partial charge in [-0.3, -0.25) is 0 Å². The molecular weight excluding hydrogens is 436 g/mol. The van der Waals surface area contributed by atoms with Crippen molar-refractivity contribution in [1.29, 1.82) is 0 Å². The van der Waals surface area contributed by atoms with Crippen molar-refractivity contribution in [3.63, 3.8) is 0 Å². The van der Waals surface area contributed by atoms with Gasteiger partial charge in [0.1, 0.15) is 11.5 Å². The van der Waals surface area contributed by atoms with Crippen LogP contribution >= 0.6 is 0 Å². The summed E-state index contributed by atoms with van der Waals surface area (Å²) in [4.78, 5) is 27.3. The van der Waals surface area contributed by atoms with Crippen molar-refractivity contribution in [3.05, 3.63) is 82.0 Å². The minimum Gasteiger partial charge on any atom is -0.423 e. The molecule has 35 heavy (non-hydrogen) atoms. The number of rotatable bonds is 8. The molecule has 0 radical (unpaired) electrons. The van der Waals surface area contributed by atoms with Crippen LogP contribution in [0.2, 0.25) is 0 Å². The zero-order chi connectivity index (χ0) is 25.3. The first kappa shape index (κ1) is 25.0. The van der Waals surface area contributed by atoms with Crippen LogP contribution in [0.1, 0.15) is 63.8 Å². The van der Waals surface area contributed by atoms with Crippen molar-refractivity contribution < 1.29 is 19.1 Å². The molecular formula is C31H36O4. The third kappa shape index (κ3) is 4.24. The van der Waals surface area contributed by atoms with E-state index >= 15 is 0 Å². The van der Waals surface area contributed by atoms with Gasteiger partial charge >= 0.3 is 11.9 Å². The normalized spacial score (nSPS) is 19.8. The van der Waals surface area contributed by atoms with Gasteiger partial charge in [0.2, 0.25) is 0 Å². The average Bonchev–Trinajstić information content (AvgIpc) is 3.28. The van der Waals surface area contributed by atoms with E-state index in [0.717, 1.165) is 36.8 Å². The van der Waals surface area contributed by atoms with Crippen molar-refractivity contribution >= 4 is 11.9 Å². The van der Waals surface area contributed by atoms with E-state index < -0.39 is 11.9 Å². The van der Waals surface area contributed by atoms with E-state index in [9.17, 15) is 9.59 Å². The van der Waals surface area contributed by atoms with Gasteiger partial charge in [-0.25, -0.2) is 9.59 Å². The largest absolute Gasteiger partial charge is 0.423 e. The van der Waals surface area contributed by atoms with Crippen molar-refractivity contribution in [2.24, 2.45) is 17.3 Å². The smallest absolute Gasteiger partial charge is 0.340 e. The van der Waals surface area contributed by atoms with E-state index in [1.807, 2.05) is 36.4 Å². The molecule has 2 atom stereocenters. The summed E-state index contributed by atoms with van der Waals surface area (Å²) in [6, 6.07) is 11.6. The molecule has 0 spiro atoms. The van der Waals surface area contributed by atoms with Crippen LogP contribution in [0.5, 0.6) is 11.5 Å². The highest BCUT2D eigenvalue weighted by atomic mass is 16.5. The Hall–Kier alpha value is -3.14. The summed E-state index contributed by atoms with van der Waals surface area (Å²) in [5.41, 5.74) is 4.98. The summed E-state index contributed by atoms with van der Waals surface area (Å²) in [6.45, 7) is 12.5. The van der Waals surface area contributed by atoms with Gasteiger partial charge in [0, 0.05) is 11.8 Å². The fourth-order valence-corrected chi connectivity index (χ4v) is 5.85. The number of fused-ring (bicyclic) bond motifs is 2. The summed E-state index contributed by atoms with van der Waals surface area (Å²) in [5, 5.41) is 0. The standard InChI is InChI=1S/C31H36O4/c1-7-19-13-11-15-25(21(19)9-3)34-29(32)27-23-17-18-24(31(23,5)6)28(27)30(33)35-26-16-12-14-20(8-2)22(26)10-4/h11-18,23-24H,7-10H2,1-6H3. The average molecular weight is 473 g/mol. The highest BCUT2D eigenvalue weighted by Crippen LogP contribution is 2.57. The van der Waals surface area contributed by atoms with Crippen LogP contribution in [0.3, 0.4) is 0 Å². The van der Waals surface area contributed by atoms with E-state index in [0.29, 0.717) is 22.6 Å². The molecule has 0 saturated heterocycles. The van der Waals surface area contributed by atoms with Gasteiger partial charge in [0.25, 0.3) is 0 Å². The van der Waals surface area contributed by atoms with Gasteiger partial charge in [-0.05, 0) is 65.5 Å². The Morgan fingerprint density at radius 2 is 1.09 bits per heavy atom. The van der Waals surface area contributed by atoms with Gasteiger partial charge < -0.3 is 9.47 Å². The van der Waals surface area contributed by atoms with Gasteiger partial charge in [0.05, 0.1) is 11.1 Å². The number of hydrogen-bond acceptors (Lipinski definition) is 4. The molecule has 4 heteroatoms. The first-order valence-electron chi connectivity index (χ1n) is 12.9. The molecule has 0 aliphatic heterocycles. The zero-order valence-electron chi connectivity index (χ0n) is 21.7. The van der Waals surface area contributed by atoms with Crippen molar-refractivity contribution in [1.82, 2.24) is 0 Å². The van der Waals surface area contributed by atoms with Crippen LogP contribution in [0.15, 0.2) is 59.7 Å². The first-order chi connectivity index (χ1) is 16.8. The minimum atomic E-state index is -0.456. The second-order valence-corrected chi connectivity index (χ2v) is 9.97. The molecule has 2 aliphatic carbocycles. The predicted molar refractivity (Wildman–Crippen MR) is 139 cm³/mol. The number of carbonyl (C=O) groups excluding carboxylic acids is 2. The highest BCUT2D eigenvalue weighted by molar-refractivity contribution is 6.05. The lowest BCUT2D eigenvalue weighted by atomic mass is 9.77. The van der Waals surface area contributed by atoms with Gasteiger partial charge in [0.15, 0.2) is 0 Å². The van der Waals surface area contributed by atoms with Crippen molar-refractivity contribution in [2.45, 2.75) is 67.2 Å². The Morgan fingerprint density at radius 1 is 0.686 bits per heavy atom. The maximum Gasteiger partial charge on any atom is 0.340 e. The molecule has 2 aromatic carbocycles. The third-order valence-electron chi connectivity index (χ3n) is 7.79. The molecule has 184 valence electrons. The maximum absolute atomic E-state index is 13.6. The molecule has 4 nitrogen and oxygen atoms in total. The SMILES string of the molecule is CCc1cccc(OC(=O)C2=C(C(=O)Oc3cccc(CC)c3CC)C3C=CC2C3(C)C)c1CC. The molecule has 0 saturated carbocycles. The van der Waals surface area contributed by atoms with E-state index in [-0.39, 0.29) is 17.3 Å². The van der Waals surface area contributed by atoms with E-state index in [1.165, 1.54) is 11.1 Å². The molecule has 0 N–H and O–H groups in total. The van der Waals surface area contributed by atoms with Crippen LogP contribution in [-0.2, 0) is 35.3 Å². The van der Waals surface area contributed by atoms with Crippen LogP contribution in [0.4, 0.5) is 0 Å². The second kappa shape index (κ2) is 9.85. The molecule has 0 heterocycles. The lowest BCUT2D eigenvalue weighted by Crippen LogP contribution is -2.24. The Kier molecular flexibility index (Phi) is 7.02. The minimum absolute atomic E-state index is 0.186. The van der Waals surface area contributed by atoms with Crippen LogP contribution in [-0.4, -0.2) is 11.9 Å². The predicted octanol–water partition coefficient (Wildman–Crippen LogP) is 6.59. The fraction of sp³-hybridized carbons (Fsp3) is 0.419. The van der Waals surface area contributed by atoms with Gasteiger partial charge in [-0.15, -0.1) is 0 Å². The number of esters is 2. The third-order valence-corrected chi connectivity index (χ3v) is 7.79. The number of benzene rings is 2. The number of aryl methyl sites for hydroxylation is 2. The summed E-state index contributed by atoms with van der Waals surface area (Å²) in [5.74, 6) is -0.133.